The van der Waals surface area contributed by atoms with Crippen LogP contribution in [0.3, 0.4) is 0 Å². The zero-order valence-electron chi connectivity index (χ0n) is 15.1. The number of rotatable bonds is 6. The number of anilines is 1. The van der Waals surface area contributed by atoms with E-state index in [2.05, 4.69) is 10.6 Å². The van der Waals surface area contributed by atoms with Gasteiger partial charge >= 0.3 is 5.97 Å². The Labute approximate surface area is 153 Å². The Balaban J connectivity index is 1.69. The number of carbonyl (C=O) groups excluding carboxylic acids is 2. The van der Waals surface area contributed by atoms with Crippen LogP contribution in [0.25, 0.3) is 0 Å². The van der Waals surface area contributed by atoms with Gasteiger partial charge in [-0.15, -0.1) is 0 Å². The van der Waals surface area contributed by atoms with Crippen LogP contribution in [0.2, 0.25) is 0 Å². The Hall–Kier alpha value is -2.37. The van der Waals surface area contributed by atoms with Gasteiger partial charge in [-0.2, -0.15) is 0 Å². The highest BCUT2D eigenvalue weighted by Gasteiger charge is 2.41. The zero-order chi connectivity index (χ0) is 18.7. The fourth-order valence-corrected chi connectivity index (χ4v) is 3.59. The molecule has 140 valence electrons. The van der Waals surface area contributed by atoms with Crippen molar-refractivity contribution in [3.8, 4) is 0 Å². The van der Waals surface area contributed by atoms with Gasteiger partial charge in [0.05, 0.1) is 5.41 Å². The molecule has 0 atom stereocenters. The van der Waals surface area contributed by atoms with Crippen LogP contribution in [-0.2, 0) is 9.59 Å². The maximum Gasteiger partial charge on any atom is 0.310 e. The lowest BCUT2D eigenvalue weighted by Gasteiger charge is -2.32. The molecule has 2 amide bonds. The molecular weight excluding hydrogens is 332 g/mol. The summed E-state index contributed by atoms with van der Waals surface area (Å²) in [5, 5.41) is 15.4. The van der Waals surface area contributed by atoms with Crippen molar-refractivity contribution in [2.24, 2.45) is 5.41 Å². The first-order valence-electron chi connectivity index (χ1n) is 9.34. The summed E-state index contributed by atoms with van der Waals surface area (Å²) in [5.41, 5.74) is 0.949. The lowest BCUT2D eigenvalue weighted by Crippen LogP contribution is -2.37. The van der Waals surface area contributed by atoms with E-state index in [9.17, 15) is 19.5 Å². The largest absolute Gasteiger partial charge is 0.481 e. The molecule has 0 spiro atoms. The zero-order valence-corrected chi connectivity index (χ0v) is 15.1. The van der Waals surface area contributed by atoms with Gasteiger partial charge in [-0.1, -0.05) is 25.3 Å². The fraction of sp³-hybridized carbons (Fsp3) is 0.550. The van der Waals surface area contributed by atoms with Gasteiger partial charge < -0.3 is 15.7 Å². The Morgan fingerprint density at radius 2 is 1.85 bits per heavy atom. The van der Waals surface area contributed by atoms with E-state index < -0.39 is 11.4 Å². The first kappa shape index (κ1) is 18.4. The van der Waals surface area contributed by atoms with E-state index in [1.54, 1.807) is 18.2 Å². The second-order valence-corrected chi connectivity index (χ2v) is 7.65. The topological polar surface area (TPSA) is 95.5 Å². The molecule has 3 N–H and O–H groups in total. The number of carboxylic acid groups (broad SMARTS) is 1. The molecule has 0 aliphatic heterocycles. The predicted molar refractivity (Wildman–Crippen MR) is 98.1 cm³/mol. The average molecular weight is 358 g/mol. The Bertz CT molecular complexity index is 719. The van der Waals surface area contributed by atoms with Crippen molar-refractivity contribution in [3.05, 3.63) is 29.3 Å². The Morgan fingerprint density at radius 1 is 1.15 bits per heavy atom. The SMILES string of the molecule is Cc1ccc(C(=O)NC2CC2)cc1NC(=O)CC1(C(=O)O)CCCCC1. The highest BCUT2D eigenvalue weighted by molar-refractivity contribution is 5.99. The van der Waals surface area contributed by atoms with Gasteiger partial charge in [0.2, 0.25) is 5.91 Å². The number of nitrogens with one attached hydrogen (secondary N) is 2. The highest BCUT2D eigenvalue weighted by atomic mass is 16.4. The van der Waals surface area contributed by atoms with Gasteiger partial charge in [-0.3, -0.25) is 14.4 Å². The summed E-state index contributed by atoms with van der Waals surface area (Å²) in [4.78, 5) is 36.5. The standard InChI is InChI=1S/C20H26N2O4/c1-13-5-6-14(18(24)21-15-7-8-15)11-16(13)22-17(23)12-20(19(25)26)9-3-2-4-10-20/h5-6,11,15H,2-4,7-10,12H2,1H3,(H,21,24)(H,22,23)(H,25,26). The molecule has 6 nitrogen and oxygen atoms in total. The van der Waals surface area contributed by atoms with E-state index in [1.165, 1.54) is 0 Å². The van der Waals surface area contributed by atoms with Gasteiger partial charge in [0, 0.05) is 23.7 Å². The summed E-state index contributed by atoms with van der Waals surface area (Å²) in [7, 11) is 0. The van der Waals surface area contributed by atoms with Crippen molar-refractivity contribution in [2.75, 3.05) is 5.32 Å². The molecule has 0 heterocycles. The second-order valence-electron chi connectivity index (χ2n) is 7.65. The minimum Gasteiger partial charge on any atom is -0.481 e. The number of hydrogen-bond donors (Lipinski definition) is 3. The van der Waals surface area contributed by atoms with Crippen LogP contribution < -0.4 is 10.6 Å². The number of aryl methyl sites for hydroxylation is 1. The summed E-state index contributed by atoms with van der Waals surface area (Å²) in [6, 6.07) is 5.47. The molecule has 0 aromatic heterocycles. The number of amides is 2. The quantitative estimate of drug-likeness (QED) is 0.727. The third-order valence-corrected chi connectivity index (χ3v) is 5.45. The third kappa shape index (κ3) is 4.23. The van der Waals surface area contributed by atoms with Gasteiger partial charge in [0.1, 0.15) is 0 Å². The van der Waals surface area contributed by atoms with Crippen LogP contribution in [0.1, 0.15) is 67.3 Å². The number of hydrogen-bond acceptors (Lipinski definition) is 3. The van der Waals surface area contributed by atoms with Crippen molar-refractivity contribution in [1.82, 2.24) is 5.32 Å². The van der Waals surface area contributed by atoms with Crippen molar-refractivity contribution >= 4 is 23.5 Å². The third-order valence-electron chi connectivity index (χ3n) is 5.45. The smallest absolute Gasteiger partial charge is 0.310 e. The maximum absolute atomic E-state index is 12.5. The Kier molecular flexibility index (Phi) is 5.30. The molecule has 26 heavy (non-hydrogen) atoms. The van der Waals surface area contributed by atoms with Crippen LogP contribution in [0.5, 0.6) is 0 Å². The monoisotopic (exact) mass is 358 g/mol. The molecule has 2 aliphatic rings. The minimum absolute atomic E-state index is 0.0275. The molecular formula is C20H26N2O4. The summed E-state index contributed by atoms with van der Waals surface area (Å²) >= 11 is 0. The van der Waals surface area contributed by atoms with Crippen LogP contribution >= 0.6 is 0 Å². The second kappa shape index (κ2) is 7.48. The maximum atomic E-state index is 12.5. The molecule has 2 aliphatic carbocycles. The minimum atomic E-state index is -0.961. The predicted octanol–water partition coefficient (Wildman–Crippen LogP) is 3.25. The molecule has 2 saturated carbocycles. The van der Waals surface area contributed by atoms with Crippen molar-refractivity contribution in [2.45, 2.75) is 64.3 Å². The molecule has 1 aromatic carbocycles. The summed E-state index contributed by atoms with van der Waals surface area (Å²) in [5.74, 6) is -1.34. The van der Waals surface area contributed by atoms with Crippen molar-refractivity contribution < 1.29 is 19.5 Å². The van der Waals surface area contributed by atoms with E-state index in [4.69, 9.17) is 0 Å². The molecule has 0 radical (unpaired) electrons. The summed E-state index contributed by atoms with van der Waals surface area (Å²) < 4.78 is 0. The first-order valence-corrected chi connectivity index (χ1v) is 9.34. The Morgan fingerprint density at radius 3 is 2.46 bits per heavy atom. The molecule has 0 saturated heterocycles. The van der Waals surface area contributed by atoms with Crippen LogP contribution in [0, 0.1) is 12.3 Å². The van der Waals surface area contributed by atoms with Crippen molar-refractivity contribution in [3.63, 3.8) is 0 Å². The number of carbonyl (C=O) groups is 3. The van der Waals surface area contributed by atoms with Gasteiger partial charge in [0.15, 0.2) is 0 Å². The average Bonchev–Trinajstić information content (AvgIpc) is 3.41. The summed E-state index contributed by atoms with van der Waals surface area (Å²) in [6.07, 6.45) is 5.78. The van der Waals surface area contributed by atoms with E-state index in [0.717, 1.165) is 37.7 Å². The molecule has 0 bridgehead atoms. The van der Waals surface area contributed by atoms with Crippen LogP contribution in [0.15, 0.2) is 18.2 Å². The molecule has 1 aromatic rings. The van der Waals surface area contributed by atoms with Gasteiger partial charge in [-0.25, -0.2) is 0 Å². The highest BCUT2D eigenvalue weighted by Crippen LogP contribution is 2.40. The fourth-order valence-electron chi connectivity index (χ4n) is 3.59. The van der Waals surface area contributed by atoms with E-state index in [1.807, 2.05) is 6.92 Å². The number of aliphatic carboxylic acids is 1. The molecule has 6 heteroatoms. The molecule has 3 rings (SSSR count). The lowest BCUT2D eigenvalue weighted by molar-refractivity contribution is -0.153. The van der Waals surface area contributed by atoms with Gasteiger partial charge in [0.25, 0.3) is 5.91 Å². The first-order chi connectivity index (χ1) is 12.4. The lowest BCUT2D eigenvalue weighted by atomic mass is 9.71. The summed E-state index contributed by atoms with van der Waals surface area (Å²) in [6.45, 7) is 1.85. The van der Waals surface area contributed by atoms with Crippen molar-refractivity contribution in [1.29, 1.82) is 0 Å². The molecule has 0 unspecified atom stereocenters. The number of benzene rings is 1. The van der Waals surface area contributed by atoms with Crippen LogP contribution in [0.4, 0.5) is 5.69 Å². The van der Waals surface area contributed by atoms with E-state index in [0.29, 0.717) is 24.1 Å². The molecule has 2 fully saturated rings. The van der Waals surface area contributed by atoms with E-state index in [-0.39, 0.29) is 24.3 Å². The van der Waals surface area contributed by atoms with Crippen LogP contribution in [-0.4, -0.2) is 28.9 Å². The van der Waals surface area contributed by atoms with Gasteiger partial charge in [-0.05, 0) is 50.3 Å². The normalized spacial score (nSPS) is 18.8. The number of carboxylic acids is 1. The van der Waals surface area contributed by atoms with E-state index >= 15 is 0 Å².